The summed E-state index contributed by atoms with van der Waals surface area (Å²) in [6, 6.07) is 7.55. The van der Waals surface area contributed by atoms with Gasteiger partial charge in [0.2, 0.25) is 0 Å². The molecule has 1 aliphatic rings. The molecule has 0 spiro atoms. The van der Waals surface area contributed by atoms with Gasteiger partial charge in [0, 0.05) is 24.7 Å². The molecule has 1 aromatic carbocycles. The van der Waals surface area contributed by atoms with Gasteiger partial charge in [0.15, 0.2) is 0 Å². The van der Waals surface area contributed by atoms with Gasteiger partial charge in [-0.3, -0.25) is 19.4 Å². The van der Waals surface area contributed by atoms with Crippen LogP contribution >= 0.6 is 23.2 Å². The summed E-state index contributed by atoms with van der Waals surface area (Å²) in [5, 5.41) is 0.910. The lowest BCUT2D eigenvalue weighted by atomic mass is 10.1. The van der Waals surface area contributed by atoms with Crippen LogP contribution in [0.4, 0.5) is 4.79 Å². The Morgan fingerprint density at radius 2 is 1.60 bits per heavy atom. The van der Waals surface area contributed by atoms with Gasteiger partial charge >= 0.3 is 6.03 Å². The van der Waals surface area contributed by atoms with Gasteiger partial charge in [-0.25, -0.2) is 4.79 Å². The van der Waals surface area contributed by atoms with Gasteiger partial charge in [-0.2, -0.15) is 0 Å². The monoisotopic (exact) mass is 378 g/mol. The van der Waals surface area contributed by atoms with Crippen LogP contribution in [0.5, 0.6) is 0 Å². The average molecular weight is 379 g/mol. The zero-order valence-corrected chi connectivity index (χ0v) is 14.8. The van der Waals surface area contributed by atoms with E-state index in [9.17, 15) is 14.4 Å². The third-order valence-corrected chi connectivity index (χ3v) is 4.30. The lowest BCUT2D eigenvalue weighted by Crippen LogP contribution is -2.52. The second-order valence-corrected chi connectivity index (χ2v) is 6.24. The van der Waals surface area contributed by atoms with Crippen LogP contribution in [0.15, 0.2) is 40.3 Å². The van der Waals surface area contributed by atoms with Crippen LogP contribution in [0.3, 0.4) is 0 Å². The van der Waals surface area contributed by atoms with Crippen molar-refractivity contribution in [2.24, 2.45) is 0 Å². The Kier molecular flexibility index (Phi) is 4.41. The molecule has 2 aromatic rings. The Bertz CT molecular complexity index is 906. The summed E-state index contributed by atoms with van der Waals surface area (Å²) in [6.07, 6.45) is 1.30. The third-order valence-electron chi connectivity index (χ3n) is 3.75. The third kappa shape index (κ3) is 3.06. The van der Waals surface area contributed by atoms with E-state index < -0.39 is 17.8 Å². The number of benzene rings is 1. The van der Waals surface area contributed by atoms with Crippen LogP contribution in [0.25, 0.3) is 17.4 Å². The topological polar surface area (TPSA) is 70.8 Å². The summed E-state index contributed by atoms with van der Waals surface area (Å²) >= 11 is 12.0. The molecule has 4 amide bonds. The predicted molar refractivity (Wildman–Crippen MR) is 93.1 cm³/mol. The SMILES string of the molecule is CN1C(=O)C(=Cc2ccc(-c3ccc(Cl)cc3Cl)o2)C(=O)N(C)C1=O. The number of rotatable bonds is 2. The van der Waals surface area contributed by atoms with E-state index in [1.54, 1.807) is 30.3 Å². The molecule has 8 heteroatoms. The lowest BCUT2D eigenvalue weighted by Gasteiger charge is -2.28. The van der Waals surface area contributed by atoms with Crippen molar-refractivity contribution in [3.8, 4) is 11.3 Å². The number of hydrogen-bond acceptors (Lipinski definition) is 4. The van der Waals surface area contributed by atoms with E-state index in [4.69, 9.17) is 27.6 Å². The molecule has 0 radical (unpaired) electrons. The standard InChI is InChI=1S/C17H12Cl2N2O4/c1-20-15(22)12(16(23)21(2)17(20)24)8-10-4-6-14(25-10)11-5-3-9(18)7-13(11)19/h3-8H,1-2H3. The number of urea groups is 1. The van der Waals surface area contributed by atoms with Crippen molar-refractivity contribution >= 4 is 47.1 Å². The average Bonchev–Trinajstić information content (AvgIpc) is 3.03. The molecule has 0 bridgehead atoms. The number of barbiturate groups is 1. The van der Waals surface area contributed by atoms with Gasteiger partial charge < -0.3 is 4.42 Å². The van der Waals surface area contributed by atoms with E-state index in [0.29, 0.717) is 21.4 Å². The molecule has 1 saturated heterocycles. The Balaban J connectivity index is 1.97. The fourth-order valence-electron chi connectivity index (χ4n) is 2.38. The molecule has 0 atom stereocenters. The van der Waals surface area contributed by atoms with Gasteiger partial charge in [0.05, 0.1) is 5.02 Å². The van der Waals surface area contributed by atoms with E-state index in [2.05, 4.69) is 0 Å². The minimum Gasteiger partial charge on any atom is -0.457 e. The summed E-state index contributed by atoms with van der Waals surface area (Å²) in [7, 11) is 2.62. The van der Waals surface area contributed by atoms with Crippen LogP contribution in [0.1, 0.15) is 5.76 Å². The van der Waals surface area contributed by atoms with Crippen molar-refractivity contribution < 1.29 is 18.8 Å². The summed E-state index contributed by atoms with van der Waals surface area (Å²) in [6.45, 7) is 0. The van der Waals surface area contributed by atoms with Gasteiger partial charge in [0.1, 0.15) is 17.1 Å². The highest BCUT2D eigenvalue weighted by atomic mass is 35.5. The first-order valence-electron chi connectivity index (χ1n) is 7.16. The van der Waals surface area contributed by atoms with Gasteiger partial charge in [-0.15, -0.1) is 0 Å². The minimum absolute atomic E-state index is 0.160. The maximum absolute atomic E-state index is 12.2. The van der Waals surface area contributed by atoms with Crippen LogP contribution in [-0.4, -0.2) is 41.7 Å². The van der Waals surface area contributed by atoms with Crippen LogP contribution in [-0.2, 0) is 9.59 Å². The van der Waals surface area contributed by atoms with E-state index in [-0.39, 0.29) is 11.3 Å². The molecule has 128 valence electrons. The lowest BCUT2D eigenvalue weighted by molar-refractivity contribution is -0.134. The molecule has 0 N–H and O–H groups in total. The number of amides is 4. The number of carbonyl (C=O) groups is 3. The normalized spacial score (nSPS) is 15.2. The van der Waals surface area contributed by atoms with E-state index in [0.717, 1.165) is 9.80 Å². The number of imide groups is 2. The first-order chi connectivity index (χ1) is 11.8. The molecule has 2 heterocycles. The van der Waals surface area contributed by atoms with Crippen LogP contribution < -0.4 is 0 Å². The maximum Gasteiger partial charge on any atom is 0.333 e. The van der Waals surface area contributed by atoms with Gasteiger partial charge in [-0.05, 0) is 36.4 Å². The highest BCUT2D eigenvalue weighted by Gasteiger charge is 2.38. The molecule has 0 unspecified atom stereocenters. The molecule has 6 nitrogen and oxygen atoms in total. The van der Waals surface area contributed by atoms with Gasteiger partial charge in [-0.1, -0.05) is 23.2 Å². The Morgan fingerprint density at radius 1 is 0.960 bits per heavy atom. The number of likely N-dealkylation sites (N-methyl/N-ethyl adjacent to an activating group) is 2. The quantitative estimate of drug-likeness (QED) is 0.590. The fraction of sp³-hybridized carbons (Fsp3) is 0.118. The highest BCUT2D eigenvalue weighted by Crippen LogP contribution is 2.32. The summed E-state index contributed by atoms with van der Waals surface area (Å²) < 4.78 is 5.66. The predicted octanol–water partition coefficient (Wildman–Crippen LogP) is 3.69. The second kappa shape index (κ2) is 6.38. The van der Waals surface area contributed by atoms with E-state index in [1.165, 1.54) is 20.2 Å². The molecular formula is C17H12Cl2N2O4. The largest absolute Gasteiger partial charge is 0.457 e. The van der Waals surface area contributed by atoms with Crippen molar-refractivity contribution in [1.29, 1.82) is 0 Å². The first-order valence-corrected chi connectivity index (χ1v) is 7.92. The number of furan rings is 1. The fourth-order valence-corrected chi connectivity index (χ4v) is 2.88. The number of nitrogens with zero attached hydrogens (tertiary/aromatic N) is 2. The molecule has 25 heavy (non-hydrogen) atoms. The molecule has 0 saturated carbocycles. The zero-order valence-electron chi connectivity index (χ0n) is 13.2. The summed E-state index contributed by atoms with van der Waals surface area (Å²) in [5.74, 6) is -0.623. The van der Waals surface area contributed by atoms with Gasteiger partial charge in [0.25, 0.3) is 11.8 Å². The first kappa shape index (κ1) is 17.3. The van der Waals surface area contributed by atoms with E-state index >= 15 is 0 Å². The molecule has 1 fully saturated rings. The smallest absolute Gasteiger partial charge is 0.333 e. The minimum atomic E-state index is -0.685. The van der Waals surface area contributed by atoms with Crippen LogP contribution in [0, 0.1) is 0 Å². The van der Waals surface area contributed by atoms with Crippen molar-refractivity contribution in [2.45, 2.75) is 0 Å². The Hall–Kier alpha value is -2.57. The summed E-state index contributed by atoms with van der Waals surface area (Å²) in [4.78, 5) is 37.8. The highest BCUT2D eigenvalue weighted by molar-refractivity contribution is 6.36. The number of carbonyl (C=O) groups excluding carboxylic acids is 3. The molecule has 3 rings (SSSR count). The number of hydrogen-bond donors (Lipinski definition) is 0. The molecule has 1 aliphatic heterocycles. The molecular weight excluding hydrogens is 367 g/mol. The molecule has 0 aliphatic carbocycles. The molecule has 1 aromatic heterocycles. The maximum atomic E-state index is 12.2. The van der Waals surface area contributed by atoms with Crippen molar-refractivity contribution in [3.63, 3.8) is 0 Å². The summed E-state index contributed by atoms with van der Waals surface area (Å²) in [5.41, 5.74) is 0.467. The second-order valence-electron chi connectivity index (χ2n) is 5.40. The Morgan fingerprint density at radius 3 is 2.20 bits per heavy atom. The van der Waals surface area contributed by atoms with Crippen molar-refractivity contribution in [2.75, 3.05) is 14.1 Å². The number of halogens is 2. The Labute approximate surface area is 153 Å². The van der Waals surface area contributed by atoms with Crippen LogP contribution in [0.2, 0.25) is 10.0 Å². The van der Waals surface area contributed by atoms with Crippen molar-refractivity contribution in [1.82, 2.24) is 9.80 Å². The zero-order chi connectivity index (χ0) is 18.3. The van der Waals surface area contributed by atoms with E-state index in [1.807, 2.05) is 0 Å². The van der Waals surface area contributed by atoms with Crippen molar-refractivity contribution in [3.05, 3.63) is 51.7 Å².